The van der Waals surface area contributed by atoms with Crippen LogP contribution in [-0.4, -0.2) is 57.3 Å². The van der Waals surface area contributed by atoms with E-state index >= 15 is 0 Å². The highest BCUT2D eigenvalue weighted by Gasteiger charge is 2.26. The van der Waals surface area contributed by atoms with Gasteiger partial charge in [-0.1, -0.05) is 30.3 Å². The number of hydrogen-bond donors (Lipinski definition) is 2. The first kappa shape index (κ1) is 25.3. The van der Waals surface area contributed by atoms with Crippen LogP contribution < -0.4 is 15.8 Å². The van der Waals surface area contributed by atoms with Crippen LogP contribution in [0, 0.1) is 5.82 Å². The van der Waals surface area contributed by atoms with Gasteiger partial charge in [-0.2, -0.15) is 5.10 Å². The van der Waals surface area contributed by atoms with E-state index in [1.807, 2.05) is 35.0 Å². The summed E-state index contributed by atoms with van der Waals surface area (Å²) in [4.78, 5) is 23.6. The Morgan fingerprint density at radius 3 is 2.82 bits per heavy atom. The first-order chi connectivity index (χ1) is 18.5. The van der Waals surface area contributed by atoms with E-state index in [9.17, 15) is 9.18 Å². The molecule has 1 aliphatic rings. The SMILES string of the molecule is C=CCN1CCCC(n2nc(-c3ccc(CNC(=O)c4ccc(OC)cc4F)cc3)c3c(N)ncnc32)C1. The van der Waals surface area contributed by atoms with Gasteiger partial charge in [0.2, 0.25) is 0 Å². The molecule has 0 radical (unpaired) electrons. The van der Waals surface area contributed by atoms with Crippen molar-refractivity contribution in [2.75, 3.05) is 32.5 Å². The van der Waals surface area contributed by atoms with Crippen LogP contribution in [0.3, 0.4) is 0 Å². The molecule has 1 atom stereocenters. The highest BCUT2D eigenvalue weighted by molar-refractivity contribution is 5.98. The maximum Gasteiger partial charge on any atom is 0.254 e. The van der Waals surface area contributed by atoms with Gasteiger partial charge < -0.3 is 15.8 Å². The Labute approximate surface area is 220 Å². The fourth-order valence-electron chi connectivity index (χ4n) is 4.90. The number of hydrogen-bond acceptors (Lipinski definition) is 7. The summed E-state index contributed by atoms with van der Waals surface area (Å²) in [6, 6.07) is 12.0. The Kier molecular flexibility index (Phi) is 7.32. The van der Waals surface area contributed by atoms with E-state index in [1.54, 1.807) is 6.07 Å². The maximum absolute atomic E-state index is 14.2. The van der Waals surface area contributed by atoms with E-state index in [4.69, 9.17) is 15.6 Å². The van der Waals surface area contributed by atoms with E-state index in [1.165, 1.54) is 25.6 Å². The number of aromatic nitrogens is 4. The molecule has 9 nitrogen and oxygen atoms in total. The molecule has 5 rings (SSSR count). The number of anilines is 1. The van der Waals surface area contributed by atoms with Crippen molar-refractivity contribution in [3.05, 3.63) is 78.4 Å². The van der Waals surface area contributed by atoms with Gasteiger partial charge >= 0.3 is 0 Å². The average Bonchev–Trinajstić information content (AvgIpc) is 3.33. The molecule has 2 aromatic heterocycles. The minimum atomic E-state index is -0.634. The number of amides is 1. The molecule has 1 saturated heterocycles. The Morgan fingerprint density at radius 1 is 1.26 bits per heavy atom. The summed E-state index contributed by atoms with van der Waals surface area (Å²) in [6.07, 6.45) is 5.46. The molecule has 0 bridgehead atoms. The number of likely N-dealkylation sites (tertiary alicyclic amines) is 1. The van der Waals surface area contributed by atoms with Crippen molar-refractivity contribution in [3.63, 3.8) is 0 Å². The smallest absolute Gasteiger partial charge is 0.254 e. The number of nitrogens with zero attached hydrogens (tertiary/aromatic N) is 5. The molecule has 0 spiro atoms. The molecule has 1 unspecified atom stereocenters. The van der Waals surface area contributed by atoms with Crippen molar-refractivity contribution in [3.8, 4) is 17.0 Å². The third-order valence-electron chi connectivity index (χ3n) is 6.83. The number of carbonyl (C=O) groups excluding carboxylic acids is 1. The standard InChI is InChI=1S/C28H30FN7O2/c1-3-12-35-13-4-5-20(16-35)36-27-24(26(30)32-17-33-27)25(34-36)19-8-6-18(7-9-19)15-31-28(37)22-11-10-21(38-2)14-23(22)29/h3,6-11,14,17,20H,1,4-5,12-13,15-16H2,2H3,(H,31,37)(H2,30,32,33). The van der Waals surface area contributed by atoms with E-state index in [0.717, 1.165) is 60.3 Å². The molecular formula is C28H30FN7O2. The number of ether oxygens (including phenoxy) is 1. The first-order valence-corrected chi connectivity index (χ1v) is 12.5. The number of piperidine rings is 1. The van der Waals surface area contributed by atoms with Gasteiger partial charge in [-0.3, -0.25) is 9.69 Å². The number of carbonyl (C=O) groups is 1. The number of nitrogen functional groups attached to an aromatic ring is 1. The molecule has 0 saturated carbocycles. The quantitative estimate of drug-likeness (QED) is 0.342. The highest BCUT2D eigenvalue weighted by atomic mass is 19.1. The Balaban J connectivity index is 1.36. The zero-order valence-corrected chi connectivity index (χ0v) is 21.2. The van der Waals surface area contributed by atoms with E-state index in [0.29, 0.717) is 11.6 Å². The molecule has 3 heterocycles. The van der Waals surface area contributed by atoms with Gasteiger partial charge in [-0.05, 0) is 37.1 Å². The monoisotopic (exact) mass is 515 g/mol. The van der Waals surface area contributed by atoms with E-state index < -0.39 is 11.7 Å². The predicted molar refractivity (Wildman–Crippen MR) is 144 cm³/mol. The zero-order valence-electron chi connectivity index (χ0n) is 21.2. The summed E-state index contributed by atoms with van der Waals surface area (Å²) in [6.45, 7) is 6.84. The van der Waals surface area contributed by atoms with Crippen molar-refractivity contribution in [2.45, 2.75) is 25.4 Å². The third-order valence-corrected chi connectivity index (χ3v) is 6.83. The van der Waals surface area contributed by atoms with Crippen LogP contribution in [0.15, 0.2) is 61.4 Å². The van der Waals surface area contributed by atoms with Crippen molar-refractivity contribution in [1.82, 2.24) is 30.0 Å². The molecule has 4 aromatic rings. The lowest BCUT2D eigenvalue weighted by atomic mass is 10.1. The summed E-state index contributed by atoms with van der Waals surface area (Å²) in [7, 11) is 1.45. The second kappa shape index (κ2) is 11.0. The van der Waals surface area contributed by atoms with Crippen molar-refractivity contribution in [1.29, 1.82) is 0 Å². The summed E-state index contributed by atoms with van der Waals surface area (Å²) >= 11 is 0. The molecular weight excluding hydrogens is 485 g/mol. The summed E-state index contributed by atoms with van der Waals surface area (Å²) in [5.41, 5.74) is 9.42. The van der Waals surface area contributed by atoms with Crippen LogP contribution in [0.25, 0.3) is 22.3 Å². The number of rotatable bonds is 8. The van der Waals surface area contributed by atoms with E-state index in [-0.39, 0.29) is 18.2 Å². The lowest BCUT2D eigenvalue weighted by Gasteiger charge is -2.32. The number of benzene rings is 2. The second-order valence-corrected chi connectivity index (χ2v) is 9.32. The van der Waals surface area contributed by atoms with Gasteiger partial charge in [0.05, 0.1) is 24.1 Å². The minimum absolute atomic E-state index is 0.0377. The molecule has 3 N–H and O–H groups in total. The van der Waals surface area contributed by atoms with Gasteiger partial charge in [0.15, 0.2) is 5.65 Å². The zero-order chi connectivity index (χ0) is 26.6. The number of nitrogens with one attached hydrogen (secondary N) is 1. The molecule has 38 heavy (non-hydrogen) atoms. The number of nitrogens with two attached hydrogens (primary N) is 1. The van der Waals surface area contributed by atoms with Gasteiger partial charge in [-0.15, -0.1) is 6.58 Å². The van der Waals surface area contributed by atoms with Crippen molar-refractivity contribution < 1.29 is 13.9 Å². The fraction of sp³-hybridized carbons (Fsp3) is 0.286. The van der Waals surface area contributed by atoms with Crippen LogP contribution >= 0.6 is 0 Å². The Morgan fingerprint density at radius 2 is 2.08 bits per heavy atom. The lowest BCUT2D eigenvalue weighted by Crippen LogP contribution is -2.37. The molecule has 1 aliphatic heterocycles. The van der Waals surface area contributed by atoms with E-state index in [2.05, 4.69) is 26.8 Å². The van der Waals surface area contributed by atoms with Crippen molar-refractivity contribution in [2.24, 2.45) is 0 Å². The molecule has 0 aliphatic carbocycles. The fourth-order valence-corrected chi connectivity index (χ4v) is 4.90. The van der Waals surface area contributed by atoms with Crippen LogP contribution in [0.4, 0.5) is 10.2 Å². The Bertz CT molecular complexity index is 1470. The summed E-state index contributed by atoms with van der Waals surface area (Å²) < 4.78 is 21.2. The van der Waals surface area contributed by atoms with Crippen molar-refractivity contribution >= 4 is 22.8 Å². The summed E-state index contributed by atoms with van der Waals surface area (Å²) in [5.74, 6) is -0.395. The minimum Gasteiger partial charge on any atom is -0.497 e. The van der Waals surface area contributed by atoms with Crippen LogP contribution in [-0.2, 0) is 6.54 Å². The Hall–Kier alpha value is -4.31. The van der Waals surface area contributed by atoms with Gasteiger partial charge in [0.1, 0.15) is 29.4 Å². The number of methoxy groups -OCH3 is 1. The number of fused-ring (bicyclic) bond motifs is 1. The van der Waals surface area contributed by atoms with Gasteiger partial charge in [0.25, 0.3) is 5.91 Å². The molecule has 10 heteroatoms. The van der Waals surface area contributed by atoms with Crippen LogP contribution in [0.5, 0.6) is 5.75 Å². The predicted octanol–water partition coefficient (Wildman–Crippen LogP) is 3.98. The topological polar surface area (TPSA) is 111 Å². The number of halogens is 1. The average molecular weight is 516 g/mol. The maximum atomic E-state index is 14.2. The molecule has 1 fully saturated rings. The second-order valence-electron chi connectivity index (χ2n) is 9.32. The van der Waals surface area contributed by atoms with Crippen LogP contribution in [0.1, 0.15) is 34.8 Å². The molecule has 196 valence electrons. The normalized spacial score (nSPS) is 15.9. The lowest BCUT2D eigenvalue weighted by molar-refractivity contribution is 0.0947. The van der Waals surface area contributed by atoms with Crippen LogP contribution in [0.2, 0.25) is 0 Å². The summed E-state index contributed by atoms with van der Waals surface area (Å²) in [5, 5.41) is 8.45. The molecule has 2 aromatic carbocycles. The highest BCUT2D eigenvalue weighted by Crippen LogP contribution is 2.33. The third kappa shape index (κ3) is 5.08. The first-order valence-electron chi connectivity index (χ1n) is 12.5. The van der Waals surface area contributed by atoms with Gasteiger partial charge in [-0.25, -0.2) is 19.0 Å². The largest absolute Gasteiger partial charge is 0.497 e. The molecule has 1 amide bonds. The van der Waals surface area contributed by atoms with Gasteiger partial charge in [0, 0.05) is 31.3 Å².